The zero-order valence-electron chi connectivity index (χ0n) is 9.27. The van der Waals surface area contributed by atoms with Crippen LogP contribution >= 0.6 is 0 Å². The minimum Gasteiger partial charge on any atom is -0.328 e. The van der Waals surface area contributed by atoms with Crippen LogP contribution in [0.1, 0.15) is 19.4 Å². The van der Waals surface area contributed by atoms with Crippen LogP contribution in [0, 0.1) is 0 Å². The molecule has 0 saturated carbocycles. The van der Waals surface area contributed by atoms with Crippen molar-refractivity contribution < 1.29 is 0 Å². The Labute approximate surface area is 89.9 Å². The summed E-state index contributed by atoms with van der Waals surface area (Å²) in [5.41, 5.74) is 8.19. The van der Waals surface area contributed by atoms with Gasteiger partial charge < -0.3 is 5.73 Å². The molecule has 0 fully saturated rings. The molecule has 80 valence electrons. The molecule has 3 heteroatoms. The quantitative estimate of drug-likeness (QED) is 0.828. The van der Waals surface area contributed by atoms with Crippen molar-refractivity contribution in [1.29, 1.82) is 0 Å². The fourth-order valence-corrected chi connectivity index (χ4v) is 1.84. The molecule has 15 heavy (non-hydrogen) atoms. The monoisotopic (exact) mass is 203 g/mol. The van der Waals surface area contributed by atoms with Gasteiger partial charge in [-0.1, -0.05) is 12.1 Å². The summed E-state index contributed by atoms with van der Waals surface area (Å²) in [5.74, 6) is 0. The van der Waals surface area contributed by atoms with Gasteiger partial charge in [0.25, 0.3) is 0 Å². The van der Waals surface area contributed by atoms with Crippen LogP contribution < -0.4 is 5.73 Å². The Hall–Kier alpha value is -1.35. The third-order valence-electron chi connectivity index (χ3n) is 2.55. The van der Waals surface area contributed by atoms with Gasteiger partial charge in [0.1, 0.15) is 0 Å². The number of fused-ring (bicyclic) bond motifs is 1. The van der Waals surface area contributed by atoms with E-state index >= 15 is 0 Å². The second-order valence-corrected chi connectivity index (χ2v) is 4.02. The van der Waals surface area contributed by atoms with Gasteiger partial charge in [0.05, 0.1) is 5.52 Å². The van der Waals surface area contributed by atoms with Crippen molar-refractivity contribution in [3.63, 3.8) is 0 Å². The van der Waals surface area contributed by atoms with Crippen molar-refractivity contribution in [2.24, 2.45) is 5.73 Å². The topological polar surface area (TPSA) is 43.8 Å². The zero-order chi connectivity index (χ0) is 10.8. The SMILES string of the molecule is CCn1cc2c(CC(C)N)cccc2n1. The highest BCUT2D eigenvalue weighted by atomic mass is 15.3. The molecule has 1 heterocycles. The molecule has 1 aromatic heterocycles. The minimum absolute atomic E-state index is 0.195. The second kappa shape index (κ2) is 4.03. The summed E-state index contributed by atoms with van der Waals surface area (Å²) in [6.07, 6.45) is 3.01. The molecule has 3 nitrogen and oxygen atoms in total. The number of rotatable bonds is 3. The van der Waals surface area contributed by atoms with Crippen molar-refractivity contribution in [1.82, 2.24) is 9.78 Å². The second-order valence-electron chi connectivity index (χ2n) is 4.02. The molecule has 0 bridgehead atoms. The molecule has 0 aliphatic carbocycles. The summed E-state index contributed by atoms with van der Waals surface area (Å²) >= 11 is 0. The largest absolute Gasteiger partial charge is 0.328 e. The lowest BCUT2D eigenvalue weighted by atomic mass is 10.0. The molecule has 0 spiro atoms. The Kier molecular flexibility index (Phi) is 2.73. The van der Waals surface area contributed by atoms with Crippen molar-refractivity contribution in [3.8, 4) is 0 Å². The highest BCUT2D eigenvalue weighted by molar-refractivity contribution is 5.81. The van der Waals surface area contributed by atoms with Crippen molar-refractivity contribution in [2.75, 3.05) is 0 Å². The standard InChI is InChI=1S/C12H17N3/c1-3-15-8-11-10(7-9(2)13)5-4-6-12(11)14-15/h4-6,8-9H,3,7,13H2,1-2H3. The van der Waals surface area contributed by atoms with E-state index in [0.29, 0.717) is 0 Å². The maximum atomic E-state index is 5.83. The van der Waals surface area contributed by atoms with Crippen LogP contribution in [0.15, 0.2) is 24.4 Å². The van der Waals surface area contributed by atoms with E-state index in [4.69, 9.17) is 5.73 Å². The van der Waals surface area contributed by atoms with Gasteiger partial charge >= 0.3 is 0 Å². The number of benzene rings is 1. The highest BCUT2D eigenvalue weighted by Gasteiger charge is 2.06. The smallest absolute Gasteiger partial charge is 0.0926 e. The first-order chi connectivity index (χ1) is 7.20. The molecule has 0 aliphatic rings. The summed E-state index contributed by atoms with van der Waals surface area (Å²) in [5, 5.41) is 5.71. The van der Waals surface area contributed by atoms with Crippen LogP contribution in [-0.2, 0) is 13.0 Å². The van der Waals surface area contributed by atoms with E-state index in [2.05, 4.69) is 24.3 Å². The van der Waals surface area contributed by atoms with E-state index in [1.54, 1.807) is 0 Å². The fraction of sp³-hybridized carbons (Fsp3) is 0.417. The normalized spacial score (nSPS) is 13.3. The maximum Gasteiger partial charge on any atom is 0.0926 e. The first-order valence-corrected chi connectivity index (χ1v) is 5.41. The molecule has 1 atom stereocenters. The molecule has 2 N–H and O–H groups in total. The summed E-state index contributed by atoms with van der Waals surface area (Å²) in [4.78, 5) is 0. The van der Waals surface area contributed by atoms with Gasteiger partial charge in [-0.3, -0.25) is 4.68 Å². The maximum absolute atomic E-state index is 5.83. The molecule has 0 radical (unpaired) electrons. The van der Waals surface area contributed by atoms with Gasteiger partial charge in [0.2, 0.25) is 0 Å². The zero-order valence-corrected chi connectivity index (χ0v) is 9.27. The van der Waals surface area contributed by atoms with Gasteiger partial charge in [-0.05, 0) is 31.9 Å². The van der Waals surface area contributed by atoms with Crippen molar-refractivity contribution >= 4 is 10.9 Å². The van der Waals surface area contributed by atoms with E-state index in [1.807, 2.05) is 23.7 Å². The van der Waals surface area contributed by atoms with Gasteiger partial charge in [-0.2, -0.15) is 5.10 Å². The highest BCUT2D eigenvalue weighted by Crippen LogP contribution is 2.18. The van der Waals surface area contributed by atoms with E-state index in [-0.39, 0.29) is 6.04 Å². The van der Waals surface area contributed by atoms with Crippen LogP contribution in [0.2, 0.25) is 0 Å². The van der Waals surface area contributed by atoms with Gasteiger partial charge in [-0.25, -0.2) is 0 Å². The molecule has 2 rings (SSSR count). The van der Waals surface area contributed by atoms with Crippen LogP contribution in [-0.4, -0.2) is 15.8 Å². The minimum atomic E-state index is 0.195. The first-order valence-electron chi connectivity index (χ1n) is 5.41. The van der Waals surface area contributed by atoms with E-state index in [0.717, 1.165) is 18.5 Å². The third-order valence-corrected chi connectivity index (χ3v) is 2.55. The number of hydrogen-bond donors (Lipinski definition) is 1. The Morgan fingerprint density at radius 3 is 2.93 bits per heavy atom. The van der Waals surface area contributed by atoms with E-state index < -0.39 is 0 Å². The van der Waals surface area contributed by atoms with E-state index in [1.165, 1.54) is 10.9 Å². The number of aromatic nitrogens is 2. The molecule has 1 aromatic carbocycles. The van der Waals surface area contributed by atoms with Crippen molar-refractivity contribution in [3.05, 3.63) is 30.0 Å². The summed E-state index contributed by atoms with van der Waals surface area (Å²) in [6, 6.07) is 6.42. The number of hydrogen-bond acceptors (Lipinski definition) is 2. The Balaban J connectivity index is 2.49. The number of nitrogens with zero attached hydrogens (tertiary/aromatic N) is 2. The number of aryl methyl sites for hydroxylation is 1. The first kappa shape index (κ1) is 10.2. The molecule has 2 aromatic rings. The number of nitrogens with two attached hydrogens (primary N) is 1. The molecule has 0 aliphatic heterocycles. The predicted octanol–water partition coefficient (Wildman–Crippen LogP) is 1.95. The predicted molar refractivity (Wildman–Crippen MR) is 62.8 cm³/mol. The van der Waals surface area contributed by atoms with Gasteiger partial charge in [-0.15, -0.1) is 0 Å². The van der Waals surface area contributed by atoms with Crippen molar-refractivity contribution in [2.45, 2.75) is 32.9 Å². The van der Waals surface area contributed by atoms with Gasteiger partial charge in [0, 0.05) is 24.2 Å². The fourth-order valence-electron chi connectivity index (χ4n) is 1.84. The summed E-state index contributed by atoms with van der Waals surface area (Å²) < 4.78 is 1.97. The van der Waals surface area contributed by atoms with E-state index in [9.17, 15) is 0 Å². The Morgan fingerprint density at radius 1 is 1.47 bits per heavy atom. The lowest BCUT2D eigenvalue weighted by molar-refractivity contribution is 0.667. The average Bonchev–Trinajstić information content (AvgIpc) is 2.61. The lowest BCUT2D eigenvalue weighted by Crippen LogP contribution is -2.17. The van der Waals surface area contributed by atoms with Gasteiger partial charge in [0.15, 0.2) is 0 Å². The van der Waals surface area contributed by atoms with Crippen LogP contribution in [0.3, 0.4) is 0 Å². The van der Waals surface area contributed by atoms with Crippen LogP contribution in [0.4, 0.5) is 0 Å². The average molecular weight is 203 g/mol. The molecule has 1 unspecified atom stereocenters. The molecular formula is C12H17N3. The molecule has 0 amide bonds. The third kappa shape index (κ3) is 2.02. The van der Waals surface area contributed by atoms with Crippen LogP contribution in [0.5, 0.6) is 0 Å². The Bertz CT molecular complexity index is 457. The summed E-state index contributed by atoms with van der Waals surface area (Å²) in [6.45, 7) is 5.03. The Morgan fingerprint density at radius 2 is 2.27 bits per heavy atom. The lowest BCUT2D eigenvalue weighted by Gasteiger charge is -2.05. The summed E-state index contributed by atoms with van der Waals surface area (Å²) in [7, 11) is 0. The molecular weight excluding hydrogens is 186 g/mol. The van der Waals surface area contributed by atoms with Crippen LogP contribution in [0.25, 0.3) is 10.9 Å². The molecule has 0 saturated heterocycles.